The number of rotatable bonds is 4. The van der Waals surface area contributed by atoms with Crippen LogP contribution in [0.5, 0.6) is 0 Å². The molecule has 1 aromatic heterocycles. The van der Waals surface area contributed by atoms with Crippen molar-refractivity contribution in [1.29, 1.82) is 0 Å². The molecule has 1 aromatic carbocycles. The highest BCUT2D eigenvalue weighted by atomic mass is 35.5. The van der Waals surface area contributed by atoms with Gasteiger partial charge in [-0.1, -0.05) is 29.8 Å². The Morgan fingerprint density at radius 1 is 1.23 bits per heavy atom. The van der Waals surface area contributed by atoms with Crippen LogP contribution in [0.3, 0.4) is 0 Å². The Balaban J connectivity index is 1.29. The first-order chi connectivity index (χ1) is 12.6. The smallest absolute Gasteiger partial charge is 0.229 e. The molecular weight excluding hydrogens is 370 g/mol. The van der Waals surface area contributed by atoms with E-state index in [-0.39, 0.29) is 29.6 Å². The van der Waals surface area contributed by atoms with Crippen LogP contribution in [-0.4, -0.2) is 34.8 Å². The van der Waals surface area contributed by atoms with Gasteiger partial charge in [0.1, 0.15) is 0 Å². The third kappa shape index (κ3) is 3.62. The van der Waals surface area contributed by atoms with Crippen LogP contribution in [0.4, 0.5) is 5.13 Å². The predicted molar refractivity (Wildman–Crippen MR) is 102 cm³/mol. The number of carbonyl (C=O) groups excluding carboxylic acids is 2. The van der Waals surface area contributed by atoms with Crippen molar-refractivity contribution in [2.75, 3.05) is 18.4 Å². The topological polar surface area (TPSA) is 62.3 Å². The molecule has 136 valence electrons. The van der Waals surface area contributed by atoms with E-state index in [1.807, 2.05) is 34.5 Å². The molecule has 2 heterocycles. The van der Waals surface area contributed by atoms with Gasteiger partial charge in [-0.05, 0) is 36.8 Å². The van der Waals surface area contributed by atoms with Crippen molar-refractivity contribution >= 4 is 39.9 Å². The van der Waals surface area contributed by atoms with Crippen LogP contribution in [0.2, 0.25) is 5.02 Å². The Hall–Kier alpha value is -1.92. The number of hydrogen-bond acceptors (Lipinski definition) is 4. The fraction of sp³-hybridized carbons (Fsp3) is 0.421. The first kappa shape index (κ1) is 17.5. The number of amides is 2. The van der Waals surface area contributed by atoms with Crippen LogP contribution < -0.4 is 5.32 Å². The molecule has 1 aliphatic heterocycles. The van der Waals surface area contributed by atoms with E-state index in [0.29, 0.717) is 31.1 Å². The van der Waals surface area contributed by atoms with Gasteiger partial charge in [0.15, 0.2) is 5.13 Å². The van der Waals surface area contributed by atoms with E-state index in [1.54, 1.807) is 6.20 Å². The van der Waals surface area contributed by atoms with Crippen LogP contribution in [0.1, 0.15) is 30.7 Å². The summed E-state index contributed by atoms with van der Waals surface area (Å²) in [5, 5.41) is 6.07. The Morgan fingerprint density at radius 3 is 2.69 bits per heavy atom. The first-order valence-corrected chi connectivity index (χ1v) is 10.1. The molecule has 2 amide bonds. The van der Waals surface area contributed by atoms with Crippen molar-refractivity contribution in [3.63, 3.8) is 0 Å². The zero-order chi connectivity index (χ0) is 18.1. The molecule has 2 aliphatic rings. The van der Waals surface area contributed by atoms with Crippen molar-refractivity contribution in [2.24, 2.45) is 11.8 Å². The second-order valence-electron chi connectivity index (χ2n) is 6.90. The minimum Gasteiger partial charge on any atom is -0.342 e. The van der Waals surface area contributed by atoms with Gasteiger partial charge < -0.3 is 10.2 Å². The van der Waals surface area contributed by atoms with Crippen LogP contribution >= 0.6 is 22.9 Å². The number of carbonyl (C=O) groups is 2. The monoisotopic (exact) mass is 389 g/mol. The lowest BCUT2D eigenvalue weighted by molar-refractivity contribution is -0.135. The number of benzene rings is 1. The Kier molecular flexibility index (Phi) is 4.96. The number of hydrogen-bond donors (Lipinski definition) is 1. The number of nitrogens with one attached hydrogen (secondary N) is 1. The number of piperidine rings is 1. The average Bonchev–Trinajstić information content (AvgIpc) is 3.29. The molecular formula is C19H20ClN3O2S. The van der Waals surface area contributed by atoms with Gasteiger partial charge in [0.2, 0.25) is 11.8 Å². The minimum absolute atomic E-state index is 0.00687. The SMILES string of the molecule is O=C(Nc1nccs1)C1CCN(C(=O)[C@@H]2C[C@H]2c2ccccc2Cl)CC1. The molecule has 4 rings (SSSR count). The second kappa shape index (κ2) is 7.37. The van der Waals surface area contributed by atoms with E-state index in [9.17, 15) is 9.59 Å². The summed E-state index contributed by atoms with van der Waals surface area (Å²) < 4.78 is 0. The third-order valence-corrected chi connectivity index (χ3v) is 6.28. The maximum atomic E-state index is 12.8. The van der Waals surface area contributed by atoms with Gasteiger partial charge in [-0.25, -0.2) is 4.98 Å². The van der Waals surface area contributed by atoms with Crippen molar-refractivity contribution in [3.8, 4) is 0 Å². The van der Waals surface area contributed by atoms with E-state index in [2.05, 4.69) is 10.3 Å². The van der Waals surface area contributed by atoms with E-state index >= 15 is 0 Å². The Bertz CT molecular complexity index is 803. The second-order valence-corrected chi connectivity index (χ2v) is 8.20. The van der Waals surface area contributed by atoms with Gasteiger partial charge in [-0.15, -0.1) is 11.3 Å². The molecule has 0 unspecified atom stereocenters. The predicted octanol–water partition coefficient (Wildman–Crippen LogP) is 3.78. The van der Waals surface area contributed by atoms with Gasteiger partial charge in [-0.3, -0.25) is 9.59 Å². The number of nitrogens with zero attached hydrogens (tertiary/aromatic N) is 2. The zero-order valence-electron chi connectivity index (χ0n) is 14.2. The van der Waals surface area contributed by atoms with Gasteiger partial charge in [0.05, 0.1) is 0 Å². The number of aromatic nitrogens is 1. The Morgan fingerprint density at radius 2 is 2.00 bits per heavy atom. The molecule has 7 heteroatoms. The molecule has 1 N–H and O–H groups in total. The third-order valence-electron chi connectivity index (χ3n) is 5.25. The highest BCUT2D eigenvalue weighted by Crippen LogP contribution is 2.50. The molecule has 1 saturated carbocycles. The standard InChI is InChI=1S/C19H20ClN3O2S/c20-16-4-2-1-3-13(16)14-11-15(14)18(25)23-8-5-12(6-9-23)17(24)22-19-21-7-10-26-19/h1-4,7,10,12,14-15H,5-6,8-9,11H2,(H,21,22,24)/t14-,15+/m0/s1. The number of halogens is 1. The van der Waals surface area contributed by atoms with Crippen molar-refractivity contribution in [2.45, 2.75) is 25.2 Å². The van der Waals surface area contributed by atoms with Gasteiger partial charge in [-0.2, -0.15) is 0 Å². The first-order valence-electron chi connectivity index (χ1n) is 8.87. The molecule has 0 bridgehead atoms. The minimum atomic E-state index is -0.0542. The fourth-order valence-corrected chi connectivity index (χ4v) is 4.48. The maximum absolute atomic E-state index is 12.8. The van der Waals surface area contributed by atoms with E-state index < -0.39 is 0 Å². The van der Waals surface area contributed by atoms with Crippen LogP contribution in [0.15, 0.2) is 35.8 Å². The molecule has 1 saturated heterocycles. The summed E-state index contributed by atoms with van der Waals surface area (Å²) in [5.74, 6) is 0.431. The lowest BCUT2D eigenvalue weighted by Gasteiger charge is -2.31. The van der Waals surface area contributed by atoms with Crippen LogP contribution in [0.25, 0.3) is 0 Å². The fourth-order valence-electron chi connectivity index (χ4n) is 3.68. The van der Waals surface area contributed by atoms with E-state index in [1.165, 1.54) is 11.3 Å². The summed E-state index contributed by atoms with van der Waals surface area (Å²) in [6.45, 7) is 1.28. The van der Waals surface area contributed by atoms with Gasteiger partial charge >= 0.3 is 0 Å². The summed E-state index contributed by atoms with van der Waals surface area (Å²) in [7, 11) is 0. The molecule has 0 spiro atoms. The highest BCUT2D eigenvalue weighted by molar-refractivity contribution is 7.13. The summed E-state index contributed by atoms with van der Waals surface area (Å²) in [4.78, 5) is 31.1. The maximum Gasteiger partial charge on any atom is 0.229 e. The lowest BCUT2D eigenvalue weighted by atomic mass is 9.95. The summed E-state index contributed by atoms with van der Waals surface area (Å²) in [5.41, 5.74) is 1.07. The largest absolute Gasteiger partial charge is 0.342 e. The van der Waals surface area contributed by atoms with E-state index in [0.717, 1.165) is 17.0 Å². The van der Waals surface area contributed by atoms with Gasteiger partial charge in [0, 0.05) is 41.5 Å². The molecule has 5 nitrogen and oxygen atoms in total. The summed E-state index contributed by atoms with van der Waals surface area (Å²) in [6.07, 6.45) is 3.94. The Labute approximate surface area is 161 Å². The molecule has 2 fully saturated rings. The summed E-state index contributed by atoms with van der Waals surface area (Å²) >= 11 is 7.67. The molecule has 0 radical (unpaired) electrons. The summed E-state index contributed by atoms with van der Waals surface area (Å²) in [6, 6.07) is 7.76. The van der Waals surface area contributed by atoms with E-state index in [4.69, 9.17) is 11.6 Å². The molecule has 1 aliphatic carbocycles. The number of thiazole rings is 1. The average molecular weight is 390 g/mol. The number of anilines is 1. The highest BCUT2D eigenvalue weighted by Gasteiger charge is 2.47. The van der Waals surface area contributed by atoms with Crippen LogP contribution in [0, 0.1) is 11.8 Å². The lowest BCUT2D eigenvalue weighted by Crippen LogP contribution is -2.42. The normalized spacial score (nSPS) is 22.9. The van der Waals surface area contributed by atoms with Crippen molar-refractivity contribution in [1.82, 2.24) is 9.88 Å². The van der Waals surface area contributed by atoms with Crippen molar-refractivity contribution < 1.29 is 9.59 Å². The van der Waals surface area contributed by atoms with Gasteiger partial charge in [0.25, 0.3) is 0 Å². The molecule has 26 heavy (non-hydrogen) atoms. The van der Waals surface area contributed by atoms with Crippen LogP contribution in [-0.2, 0) is 9.59 Å². The number of likely N-dealkylation sites (tertiary alicyclic amines) is 1. The molecule has 2 aromatic rings. The van der Waals surface area contributed by atoms with Crippen molar-refractivity contribution in [3.05, 3.63) is 46.4 Å². The molecule has 2 atom stereocenters. The zero-order valence-corrected chi connectivity index (χ0v) is 15.8. The quantitative estimate of drug-likeness (QED) is 0.865.